The molecule has 1 atom stereocenters. The van der Waals surface area contributed by atoms with Gasteiger partial charge < -0.3 is 4.74 Å². The normalized spacial score (nSPS) is 20.1. The Morgan fingerprint density at radius 3 is 2.63 bits per heavy atom. The molecule has 0 saturated carbocycles. The third-order valence-electron chi connectivity index (χ3n) is 3.17. The molecule has 4 nitrogen and oxygen atoms in total. The van der Waals surface area contributed by atoms with Crippen LogP contribution in [0.25, 0.3) is 0 Å². The van der Waals surface area contributed by atoms with Crippen LogP contribution in [-0.4, -0.2) is 17.9 Å². The summed E-state index contributed by atoms with van der Waals surface area (Å²) >= 11 is 0. The minimum atomic E-state index is -0.576. The fourth-order valence-corrected chi connectivity index (χ4v) is 1.99. The Morgan fingerprint density at radius 1 is 1.26 bits per heavy atom. The van der Waals surface area contributed by atoms with E-state index in [1.165, 1.54) is 0 Å². The SMILES string of the molecule is CC(C)(C)c1cccc(OC2CCC(=O)NC2=O)c1. The van der Waals surface area contributed by atoms with Crippen LogP contribution in [0.5, 0.6) is 5.75 Å². The van der Waals surface area contributed by atoms with Crippen LogP contribution in [0.3, 0.4) is 0 Å². The van der Waals surface area contributed by atoms with Gasteiger partial charge in [-0.05, 0) is 23.1 Å². The van der Waals surface area contributed by atoms with Crippen molar-refractivity contribution in [3.05, 3.63) is 29.8 Å². The van der Waals surface area contributed by atoms with Crippen molar-refractivity contribution in [3.63, 3.8) is 0 Å². The molecule has 1 N–H and O–H groups in total. The third kappa shape index (κ3) is 3.34. The van der Waals surface area contributed by atoms with Gasteiger partial charge in [-0.25, -0.2) is 0 Å². The minimum Gasteiger partial charge on any atom is -0.481 e. The Kier molecular flexibility index (Phi) is 3.60. The number of imide groups is 1. The number of piperidine rings is 1. The Labute approximate surface area is 113 Å². The number of nitrogens with one attached hydrogen (secondary N) is 1. The molecular formula is C15H19NO3. The molecule has 1 aromatic rings. The molecular weight excluding hydrogens is 242 g/mol. The second-order valence-electron chi connectivity index (χ2n) is 5.84. The number of carbonyl (C=O) groups excluding carboxylic acids is 2. The van der Waals surface area contributed by atoms with Gasteiger partial charge in [-0.3, -0.25) is 14.9 Å². The Hall–Kier alpha value is -1.84. The molecule has 0 spiro atoms. The van der Waals surface area contributed by atoms with Gasteiger partial charge in [0.25, 0.3) is 5.91 Å². The van der Waals surface area contributed by atoms with E-state index in [-0.39, 0.29) is 17.2 Å². The van der Waals surface area contributed by atoms with Crippen molar-refractivity contribution < 1.29 is 14.3 Å². The molecule has 19 heavy (non-hydrogen) atoms. The van der Waals surface area contributed by atoms with E-state index >= 15 is 0 Å². The van der Waals surface area contributed by atoms with Crippen LogP contribution in [0.1, 0.15) is 39.2 Å². The first-order valence-corrected chi connectivity index (χ1v) is 6.47. The van der Waals surface area contributed by atoms with E-state index in [9.17, 15) is 9.59 Å². The number of amides is 2. The van der Waals surface area contributed by atoms with Gasteiger partial charge in [0.05, 0.1) is 0 Å². The monoisotopic (exact) mass is 261 g/mol. The van der Waals surface area contributed by atoms with Gasteiger partial charge in [0.15, 0.2) is 6.10 Å². The Balaban J connectivity index is 2.11. The highest BCUT2D eigenvalue weighted by Crippen LogP contribution is 2.26. The number of rotatable bonds is 2. The minimum absolute atomic E-state index is 0.0319. The first kappa shape index (κ1) is 13.6. The summed E-state index contributed by atoms with van der Waals surface area (Å²) in [7, 11) is 0. The van der Waals surface area contributed by atoms with E-state index in [0.29, 0.717) is 18.6 Å². The summed E-state index contributed by atoms with van der Waals surface area (Å²) < 4.78 is 5.69. The van der Waals surface area contributed by atoms with Crippen LogP contribution in [0, 0.1) is 0 Å². The number of hydrogen-bond donors (Lipinski definition) is 1. The molecule has 0 aromatic heterocycles. The molecule has 1 heterocycles. The second kappa shape index (κ2) is 5.03. The lowest BCUT2D eigenvalue weighted by molar-refractivity contribution is -0.138. The molecule has 4 heteroatoms. The van der Waals surface area contributed by atoms with Crippen LogP contribution in [0.2, 0.25) is 0 Å². The average molecular weight is 261 g/mol. The van der Waals surface area contributed by atoms with Gasteiger partial charge in [0, 0.05) is 12.8 Å². The summed E-state index contributed by atoms with van der Waals surface area (Å²) in [5.41, 5.74) is 1.18. The molecule has 102 valence electrons. The lowest BCUT2D eigenvalue weighted by Crippen LogP contribution is -2.46. The van der Waals surface area contributed by atoms with E-state index in [1.807, 2.05) is 24.3 Å². The quantitative estimate of drug-likeness (QED) is 0.830. The summed E-state index contributed by atoms with van der Waals surface area (Å²) in [5, 5.41) is 2.29. The average Bonchev–Trinajstić information content (AvgIpc) is 2.32. The van der Waals surface area contributed by atoms with Crippen LogP contribution < -0.4 is 10.1 Å². The molecule has 0 bridgehead atoms. The lowest BCUT2D eigenvalue weighted by atomic mass is 9.87. The van der Waals surface area contributed by atoms with E-state index in [2.05, 4.69) is 26.1 Å². The predicted molar refractivity (Wildman–Crippen MR) is 71.9 cm³/mol. The molecule has 1 aliphatic heterocycles. The summed E-state index contributed by atoms with van der Waals surface area (Å²) in [4.78, 5) is 22.7. The van der Waals surface area contributed by atoms with Crippen LogP contribution >= 0.6 is 0 Å². The highest BCUT2D eigenvalue weighted by molar-refractivity contribution is 5.99. The zero-order valence-corrected chi connectivity index (χ0v) is 11.5. The molecule has 2 amide bonds. The predicted octanol–water partition coefficient (Wildman–Crippen LogP) is 2.17. The van der Waals surface area contributed by atoms with Crippen molar-refractivity contribution in [2.75, 3.05) is 0 Å². The number of benzene rings is 1. The summed E-state index contributed by atoms with van der Waals surface area (Å²) in [6.07, 6.45) is 0.188. The summed E-state index contributed by atoms with van der Waals surface area (Å²) in [5.74, 6) is 0.0904. The van der Waals surface area contributed by atoms with Crippen molar-refractivity contribution >= 4 is 11.8 Å². The van der Waals surface area contributed by atoms with E-state index in [1.54, 1.807) is 0 Å². The topological polar surface area (TPSA) is 55.4 Å². The van der Waals surface area contributed by atoms with E-state index in [0.717, 1.165) is 5.56 Å². The maximum atomic E-state index is 11.6. The van der Waals surface area contributed by atoms with Crippen molar-refractivity contribution in [2.24, 2.45) is 0 Å². The first-order chi connectivity index (χ1) is 8.86. The second-order valence-corrected chi connectivity index (χ2v) is 5.84. The molecule has 0 radical (unpaired) electrons. The maximum Gasteiger partial charge on any atom is 0.267 e. The zero-order chi connectivity index (χ0) is 14.0. The highest BCUT2D eigenvalue weighted by atomic mass is 16.5. The first-order valence-electron chi connectivity index (χ1n) is 6.47. The molecule has 0 aliphatic carbocycles. The van der Waals surface area contributed by atoms with E-state index in [4.69, 9.17) is 4.74 Å². The van der Waals surface area contributed by atoms with Crippen molar-refractivity contribution in [1.82, 2.24) is 5.32 Å². The van der Waals surface area contributed by atoms with Gasteiger partial charge >= 0.3 is 0 Å². The Bertz CT molecular complexity index is 502. The molecule has 1 unspecified atom stereocenters. The molecule has 1 aliphatic rings. The van der Waals surface area contributed by atoms with Crippen LogP contribution in [0.15, 0.2) is 24.3 Å². The van der Waals surface area contributed by atoms with Crippen LogP contribution in [-0.2, 0) is 15.0 Å². The summed E-state index contributed by atoms with van der Waals surface area (Å²) in [6, 6.07) is 7.74. The zero-order valence-electron chi connectivity index (χ0n) is 11.5. The summed E-state index contributed by atoms with van der Waals surface area (Å²) in [6.45, 7) is 6.37. The van der Waals surface area contributed by atoms with E-state index < -0.39 is 6.10 Å². The molecule has 1 saturated heterocycles. The van der Waals surface area contributed by atoms with Gasteiger partial charge in [-0.1, -0.05) is 32.9 Å². The van der Waals surface area contributed by atoms with Crippen molar-refractivity contribution in [2.45, 2.75) is 45.1 Å². The van der Waals surface area contributed by atoms with Gasteiger partial charge in [0.1, 0.15) is 5.75 Å². The van der Waals surface area contributed by atoms with Gasteiger partial charge in [-0.15, -0.1) is 0 Å². The third-order valence-corrected chi connectivity index (χ3v) is 3.17. The fraction of sp³-hybridized carbons (Fsp3) is 0.467. The standard InChI is InChI=1S/C15H19NO3/c1-15(2,3)10-5-4-6-11(9-10)19-12-7-8-13(17)16-14(12)18/h4-6,9,12H,7-8H2,1-3H3,(H,16,17,18). The Morgan fingerprint density at radius 2 is 2.00 bits per heavy atom. The maximum absolute atomic E-state index is 11.6. The number of hydrogen-bond acceptors (Lipinski definition) is 3. The van der Waals surface area contributed by atoms with Gasteiger partial charge in [0.2, 0.25) is 5.91 Å². The van der Waals surface area contributed by atoms with Crippen molar-refractivity contribution in [3.8, 4) is 5.75 Å². The smallest absolute Gasteiger partial charge is 0.267 e. The fourth-order valence-electron chi connectivity index (χ4n) is 1.99. The highest BCUT2D eigenvalue weighted by Gasteiger charge is 2.28. The van der Waals surface area contributed by atoms with Gasteiger partial charge in [-0.2, -0.15) is 0 Å². The van der Waals surface area contributed by atoms with Crippen LogP contribution in [0.4, 0.5) is 0 Å². The largest absolute Gasteiger partial charge is 0.481 e. The van der Waals surface area contributed by atoms with Crippen molar-refractivity contribution in [1.29, 1.82) is 0 Å². The molecule has 1 aromatic carbocycles. The lowest BCUT2D eigenvalue weighted by Gasteiger charge is -2.24. The molecule has 2 rings (SSSR count). The number of ether oxygens (including phenoxy) is 1. The number of carbonyl (C=O) groups is 2. The molecule has 1 fully saturated rings.